The summed E-state index contributed by atoms with van der Waals surface area (Å²) in [5.74, 6) is 0.0402. The van der Waals surface area contributed by atoms with Crippen molar-refractivity contribution in [1.29, 1.82) is 0 Å². The Hall–Kier alpha value is -1.39. The van der Waals surface area contributed by atoms with Crippen LogP contribution in [0.3, 0.4) is 0 Å². The van der Waals surface area contributed by atoms with E-state index in [2.05, 4.69) is 0 Å². The lowest BCUT2D eigenvalue weighted by atomic mass is 10.0. The Morgan fingerprint density at radius 2 is 2.06 bits per heavy atom. The highest BCUT2D eigenvalue weighted by Gasteiger charge is 2.14. The maximum absolute atomic E-state index is 11.8. The van der Waals surface area contributed by atoms with Crippen molar-refractivity contribution in [2.75, 3.05) is 27.3 Å². The van der Waals surface area contributed by atoms with E-state index in [-0.39, 0.29) is 11.9 Å². The van der Waals surface area contributed by atoms with Crippen molar-refractivity contribution >= 4 is 5.91 Å². The fraction of sp³-hybridized carbons (Fsp3) is 0.462. The van der Waals surface area contributed by atoms with Gasteiger partial charge in [0.15, 0.2) is 0 Å². The van der Waals surface area contributed by atoms with E-state index < -0.39 is 0 Å². The third kappa shape index (κ3) is 4.54. The Morgan fingerprint density at radius 1 is 1.41 bits per heavy atom. The topological polar surface area (TPSA) is 55.6 Å². The van der Waals surface area contributed by atoms with E-state index in [0.717, 1.165) is 5.56 Å². The smallest absolute Gasteiger partial charge is 0.224 e. The number of nitrogens with zero attached hydrogens (tertiary/aromatic N) is 1. The molecule has 0 heterocycles. The minimum absolute atomic E-state index is 0.0402. The highest BCUT2D eigenvalue weighted by Crippen LogP contribution is 2.14. The van der Waals surface area contributed by atoms with Crippen LogP contribution >= 0.6 is 0 Å². The predicted molar refractivity (Wildman–Crippen MR) is 67.5 cm³/mol. The SMILES string of the molecule is COCCN(C)C(=O)CC(N)c1ccccc1. The second-order valence-corrected chi connectivity index (χ2v) is 4.03. The minimum atomic E-state index is -0.242. The molecular formula is C13H20N2O2. The summed E-state index contributed by atoms with van der Waals surface area (Å²) in [5.41, 5.74) is 6.97. The van der Waals surface area contributed by atoms with E-state index in [1.165, 1.54) is 0 Å². The number of amides is 1. The van der Waals surface area contributed by atoms with Crippen LogP contribution in [0.2, 0.25) is 0 Å². The highest BCUT2D eigenvalue weighted by atomic mass is 16.5. The summed E-state index contributed by atoms with van der Waals surface area (Å²) in [4.78, 5) is 13.5. The van der Waals surface area contributed by atoms with E-state index in [1.807, 2.05) is 30.3 Å². The highest BCUT2D eigenvalue weighted by molar-refractivity contribution is 5.76. The fourth-order valence-corrected chi connectivity index (χ4v) is 1.51. The van der Waals surface area contributed by atoms with Gasteiger partial charge in [0.25, 0.3) is 0 Å². The van der Waals surface area contributed by atoms with Gasteiger partial charge >= 0.3 is 0 Å². The van der Waals surface area contributed by atoms with E-state index in [4.69, 9.17) is 10.5 Å². The predicted octanol–water partition coefficient (Wildman–Crippen LogP) is 1.18. The van der Waals surface area contributed by atoms with Crippen LogP contribution in [0.5, 0.6) is 0 Å². The molecular weight excluding hydrogens is 216 g/mol. The third-order valence-electron chi connectivity index (χ3n) is 2.68. The Balaban J connectivity index is 2.46. The number of rotatable bonds is 6. The zero-order chi connectivity index (χ0) is 12.7. The number of nitrogens with two attached hydrogens (primary N) is 1. The number of methoxy groups -OCH3 is 1. The lowest BCUT2D eigenvalue weighted by molar-refractivity contribution is -0.130. The monoisotopic (exact) mass is 236 g/mol. The molecule has 1 unspecified atom stereocenters. The molecule has 0 aliphatic carbocycles. The fourth-order valence-electron chi connectivity index (χ4n) is 1.51. The summed E-state index contributed by atoms with van der Waals surface area (Å²) in [6.07, 6.45) is 0.324. The van der Waals surface area contributed by atoms with E-state index in [9.17, 15) is 4.79 Å². The second kappa shape index (κ2) is 7.04. The van der Waals surface area contributed by atoms with Gasteiger partial charge in [-0.3, -0.25) is 4.79 Å². The van der Waals surface area contributed by atoms with Crippen LogP contribution in [0.1, 0.15) is 18.0 Å². The summed E-state index contributed by atoms with van der Waals surface area (Å²) < 4.78 is 4.93. The Labute approximate surface area is 102 Å². The van der Waals surface area contributed by atoms with Crippen molar-refractivity contribution in [3.63, 3.8) is 0 Å². The van der Waals surface area contributed by atoms with Gasteiger partial charge in [0.05, 0.1) is 6.61 Å². The Kier molecular flexibility index (Phi) is 5.66. The zero-order valence-electron chi connectivity index (χ0n) is 10.4. The number of ether oxygens (including phenoxy) is 1. The van der Waals surface area contributed by atoms with Crippen LogP contribution in [0.15, 0.2) is 30.3 Å². The zero-order valence-corrected chi connectivity index (χ0v) is 10.4. The molecule has 17 heavy (non-hydrogen) atoms. The van der Waals surface area contributed by atoms with E-state index in [0.29, 0.717) is 19.6 Å². The summed E-state index contributed by atoms with van der Waals surface area (Å²) in [7, 11) is 3.38. The molecule has 2 N–H and O–H groups in total. The minimum Gasteiger partial charge on any atom is -0.383 e. The molecule has 1 aromatic carbocycles. The average molecular weight is 236 g/mol. The number of carbonyl (C=O) groups is 1. The molecule has 1 atom stereocenters. The van der Waals surface area contributed by atoms with Crippen LogP contribution in [-0.2, 0) is 9.53 Å². The Bertz CT molecular complexity index is 341. The van der Waals surface area contributed by atoms with Crippen LogP contribution in [0.4, 0.5) is 0 Å². The average Bonchev–Trinajstić information content (AvgIpc) is 2.36. The largest absolute Gasteiger partial charge is 0.383 e. The van der Waals surface area contributed by atoms with Crippen molar-refractivity contribution < 1.29 is 9.53 Å². The van der Waals surface area contributed by atoms with Gasteiger partial charge in [-0.1, -0.05) is 30.3 Å². The van der Waals surface area contributed by atoms with Gasteiger partial charge in [0.2, 0.25) is 5.91 Å². The molecule has 1 amide bonds. The van der Waals surface area contributed by atoms with Gasteiger partial charge in [0, 0.05) is 33.2 Å². The number of hydrogen-bond acceptors (Lipinski definition) is 3. The maximum atomic E-state index is 11.8. The van der Waals surface area contributed by atoms with Gasteiger partial charge in [-0.25, -0.2) is 0 Å². The van der Waals surface area contributed by atoms with Crippen molar-refractivity contribution in [3.05, 3.63) is 35.9 Å². The number of likely N-dealkylation sites (N-methyl/N-ethyl adjacent to an activating group) is 1. The first-order chi connectivity index (χ1) is 8.15. The van der Waals surface area contributed by atoms with Crippen molar-refractivity contribution in [3.8, 4) is 0 Å². The molecule has 1 rings (SSSR count). The summed E-state index contributed by atoms with van der Waals surface area (Å²) >= 11 is 0. The molecule has 4 heteroatoms. The summed E-state index contributed by atoms with van der Waals surface area (Å²) in [6, 6.07) is 9.42. The van der Waals surface area contributed by atoms with Gasteiger partial charge < -0.3 is 15.4 Å². The lowest BCUT2D eigenvalue weighted by Gasteiger charge is -2.19. The van der Waals surface area contributed by atoms with E-state index in [1.54, 1.807) is 19.1 Å². The molecule has 0 saturated carbocycles. The first-order valence-corrected chi connectivity index (χ1v) is 5.68. The normalized spacial score (nSPS) is 12.2. The van der Waals surface area contributed by atoms with Crippen LogP contribution < -0.4 is 5.73 Å². The molecule has 0 bridgehead atoms. The van der Waals surface area contributed by atoms with Crippen molar-refractivity contribution in [2.45, 2.75) is 12.5 Å². The molecule has 0 aliphatic heterocycles. The van der Waals surface area contributed by atoms with Crippen LogP contribution in [0, 0.1) is 0 Å². The van der Waals surface area contributed by atoms with Crippen molar-refractivity contribution in [2.24, 2.45) is 5.73 Å². The van der Waals surface area contributed by atoms with Crippen LogP contribution in [-0.4, -0.2) is 38.1 Å². The molecule has 0 fully saturated rings. The van der Waals surface area contributed by atoms with E-state index >= 15 is 0 Å². The molecule has 94 valence electrons. The molecule has 1 aromatic rings. The number of benzene rings is 1. The standard InChI is InChI=1S/C13H20N2O2/c1-15(8-9-17-2)13(16)10-12(14)11-6-4-3-5-7-11/h3-7,12H,8-10,14H2,1-2H3. The van der Waals surface area contributed by atoms with Gasteiger partial charge in [-0.2, -0.15) is 0 Å². The third-order valence-corrected chi connectivity index (χ3v) is 2.68. The van der Waals surface area contributed by atoms with Gasteiger partial charge in [0.1, 0.15) is 0 Å². The summed E-state index contributed by atoms with van der Waals surface area (Å²) in [5, 5.41) is 0. The lowest BCUT2D eigenvalue weighted by Crippen LogP contribution is -2.32. The quantitative estimate of drug-likeness (QED) is 0.807. The first kappa shape index (κ1) is 13.7. The molecule has 0 aliphatic rings. The number of hydrogen-bond donors (Lipinski definition) is 1. The van der Waals surface area contributed by atoms with Gasteiger partial charge in [-0.05, 0) is 5.56 Å². The second-order valence-electron chi connectivity index (χ2n) is 4.03. The number of carbonyl (C=O) groups excluding carboxylic acids is 1. The molecule has 0 radical (unpaired) electrons. The van der Waals surface area contributed by atoms with Crippen LogP contribution in [0.25, 0.3) is 0 Å². The molecule has 0 saturated heterocycles. The van der Waals surface area contributed by atoms with Crippen molar-refractivity contribution in [1.82, 2.24) is 4.90 Å². The Morgan fingerprint density at radius 3 is 2.65 bits per heavy atom. The van der Waals surface area contributed by atoms with Gasteiger partial charge in [-0.15, -0.1) is 0 Å². The summed E-state index contributed by atoms with van der Waals surface area (Å²) in [6.45, 7) is 1.14. The molecule has 4 nitrogen and oxygen atoms in total. The maximum Gasteiger partial charge on any atom is 0.224 e. The molecule has 0 spiro atoms. The molecule has 0 aromatic heterocycles. The first-order valence-electron chi connectivity index (χ1n) is 5.68.